The van der Waals surface area contributed by atoms with Crippen LogP contribution in [-0.2, 0) is 11.3 Å². The Morgan fingerprint density at radius 2 is 2.05 bits per heavy atom. The summed E-state index contributed by atoms with van der Waals surface area (Å²) in [5, 5.41) is 6.77. The minimum atomic E-state index is -0.504. The number of aromatic nitrogens is 2. The Morgan fingerprint density at radius 3 is 2.67 bits per heavy atom. The molecule has 1 heterocycles. The van der Waals surface area contributed by atoms with Gasteiger partial charge in [-0.15, -0.1) is 12.4 Å². The first-order valence-corrected chi connectivity index (χ1v) is 7.43. The number of nitrogens with zero attached hydrogens (tertiary/aromatic N) is 2. The van der Waals surface area contributed by atoms with Crippen LogP contribution in [0.15, 0.2) is 4.52 Å². The molecule has 1 saturated carbocycles. The van der Waals surface area contributed by atoms with Crippen molar-refractivity contribution in [2.75, 3.05) is 0 Å². The molecule has 0 spiro atoms. The topological polar surface area (TPSA) is 94.0 Å². The molecule has 1 amide bonds. The van der Waals surface area contributed by atoms with Gasteiger partial charge < -0.3 is 15.6 Å². The summed E-state index contributed by atoms with van der Waals surface area (Å²) >= 11 is 0. The fourth-order valence-corrected chi connectivity index (χ4v) is 2.45. The van der Waals surface area contributed by atoms with E-state index in [0.29, 0.717) is 11.8 Å². The summed E-state index contributed by atoms with van der Waals surface area (Å²) in [5.41, 5.74) is 5.77. The van der Waals surface area contributed by atoms with E-state index in [4.69, 9.17) is 10.3 Å². The highest BCUT2D eigenvalue weighted by Gasteiger charge is 2.22. The standard InChI is InChI=1S/C14H24N4O2.ClH/c1-9(2)12(15)14(19)16-8-11-17-13(18-20-11)10-6-4-3-5-7-10;/h9-10,12H,3-8,15H2,1-2H3,(H,16,19);1H/t12-;/m0./s1. The fourth-order valence-electron chi connectivity index (χ4n) is 2.45. The van der Waals surface area contributed by atoms with Crippen molar-refractivity contribution >= 4 is 18.3 Å². The predicted molar refractivity (Wildman–Crippen MR) is 82.0 cm³/mol. The first-order valence-electron chi connectivity index (χ1n) is 7.43. The van der Waals surface area contributed by atoms with E-state index in [-0.39, 0.29) is 30.8 Å². The van der Waals surface area contributed by atoms with E-state index >= 15 is 0 Å². The van der Waals surface area contributed by atoms with E-state index in [1.807, 2.05) is 13.8 Å². The summed E-state index contributed by atoms with van der Waals surface area (Å²) in [7, 11) is 0. The summed E-state index contributed by atoms with van der Waals surface area (Å²) in [6, 6.07) is -0.504. The van der Waals surface area contributed by atoms with Crippen LogP contribution in [0.2, 0.25) is 0 Å². The molecule has 0 radical (unpaired) electrons. The van der Waals surface area contributed by atoms with Crippen LogP contribution in [0.5, 0.6) is 0 Å². The SMILES string of the molecule is CC(C)[C@H](N)C(=O)NCc1nc(C2CCCCC2)no1.Cl. The maximum absolute atomic E-state index is 11.7. The Morgan fingerprint density at radius 1 is 1.38 bits per heavy atom. The van der Waals surface area contributed by atoms with Crippen LogP contribution in [0, 0.1) is 5.92 Å². The number of halogens is 1. The summed E-state index contributed by atoms with van der Waals surface area (Å²) in [6.45, 7) is 4.08. The molecule has 1 fully saturated rings. The van der Waals surface area contributed by atoms with Gasteiger partial charge in [-0.25, -0.2) is 0 Å². The third-order valence-electron chi connectivity index (χ3n) is 3.89. The highest BCUT2D eigenvalue weighted by Crippen LogP contribution is 2.30. The molecule has 0 aromatic carbocycles. The lowest BCUT2D eigenvalue weighted by Gasteiger charge is -2.17. The summed E-state index contributed by atoms with van der Waals surface area (Å²) in [5.74, 6) is 1.57. The molecule has 0 saturated heterocycles. The van der Waals surface area contributed by atoms with Gasteiger partial charge in [0, 0.05) is 5.92 Å². The molecule has 1 aromatic rings. The Kier molecular flexibility index (Phi) is 7.11. The average molecular weight is 317 g/mol. The third-order valence-corrected chi connectivity index (χ3v) is 3.89. The van der Waals surface area contributed by atoms with Gasteiger partial charge >= 0.3 is 0 Å². The van der Waals surface area contributed by atoms with Crippen molar-refractivity contribution in [1.29, 1.82) is 0 Å². The van der Waals surface area contributed by atoms with Gasteiger partial charge in [-0.3, -0.25) is 4.79 Å². The van der Waals surface area contributed by atoms with Crippen LogP contribution in [0.4, 0.5) is 0 Å². The lowest BCUT2D eigenvalue weighted by molar-refractivity contribution is -0.123. The quantitative estimate of drug-likeness (QED) is 0.868. The van der Waals surface area contributed by atoms with Gasteiger partial charge in [-0.05, 0) is 18.8 Å². The van der Waals surface area contributed by atoms with Gasteiger partial charge in [0.2, 0.25) is 11.8 Å². The van der Waals surface area contributed by atoms with Crippen molar-refractivity contribution in [3.8, 4) is 0 Å². The van der Waals surface area contributed by atoms with E-state index in [1.54, 1.807) is 0 Å². The minimum Gasteiger partial charge on any atom is -0.346 e. The van der Waals surface area contributed by atoms with Gasteiger partial charge in [0.1, 0.15) is 0 Å². The van der Waals surface area contributed by atoms with Gasteiger partial charge in [0.15, 0.2) is 5.82 Å². The molecule has 3 N–H and O–H groups in total. The molecule has 21 heavy (non-hydrogen) atoms. The zero-order valence-corrected chi connectivity index (χ0v) is 13.5. The molecule has 7 heteroatoms. The van der Waals surface area contributed by atoms with Crippen LogP contribution < -0.4 is 11.1 Å². The van der Waals surface area contributed by atoms with Crippen molar-refractivity contribution in [2.24, 2.45) is 11.7 Å². The number of nitrogens with one attached hydrogen (secondary N) is 1. The second kappa shape index (κ2) is 8.34. The molecule has 6 nitrogen and oxygen atoms in total. The minimum absolute atomic E-state index is 0. The maximum atomic E-state index is 11.7. The monoisotopic (exact) mass is 316 g/mol. The van der Waals surface area contributed by atoms with Gasteiger partial charge in [0.25, 0.3) is 0 Å². The molecule has 0 aliphatic heterocycles. The molecule has 0 bridgehead atoms. The lowest BCUT2D eigenvalue weighted by atomic mass is 9.89. The third kappa shape index (κ3) is 4.97. The zero-order chi connectivity index (χ0) is 14.5. The first-order chi connectivity index (χ1) is 9.58. The lowest BCUT2D eigenvalue weighted by Crippen LogP contribution is -2.43. The number of hydrogen-bond donors (Lipinski definition) is 2. The highest BCUT2D eigenvalue weighted by atomic mass is 35.5. The van der Waals surface area contributed by atoms with Crippen molar-refractivity contribution in [3.63, 3.8) is 0 Å². The van der Waals surface area contributed by atoms with Gasteiger partial charge in [-0.1, -0.05) is 38.3 Å². The molecule has 2 rings (SSSR count). The largest absolute Gasteiger partial charge is 0.346 e. The Balaban J connectivity index is 0.00000220. The molecule has 0 unspecified atom stereocenters. The van der Waals surface area contributed by atoms with E-state index in [2.05, 4.69) is 15.5 Å². The van der Waals surface area contributed by atoms with Gasteiger partial charge in [-0.2, -0.15) is 4.98 Å². The molecular formula is C14H25ClN4O2. The normalized spacial score (nSPS) is 17.3. The Bertz CT molecular complexity index is 444. The zero-order valence-electron chi connectivity index (χ0n) is 12.7. The Hall–Kier alpha value is -1.14. The number of hydrogen-bond acceptors (Lipinski definition) is 5. The molecule has 1 aliphatic carbocycles. The van der Waals surface area contributed by atoms with Gasteiger partial charge in [0.05, 0.1) is 12.6 Å². The Labute approximate surface area is 131 Å². The second-order valence-electron chi connectivity index (χ2n) is 5.87. The van der Waals surface area contributed by atoms with Crippen molar-refractivity contribution in [3.05, 3.63) is 11.7 Å². The summed E-state index contributed by atoms with van der Waals surface area (Å²) in [4.78, 5) is 16.1. The molecule has 1 aromatic heterocycles. The van der Waals surface area contributed by atoms with E-state index in [1.165, 1.54) is 19.3 Å². The fraction of sp³-hybridized carbons (Fsp3) is 0.786. The molecule has 120 valence electrons. The number of nitrogens with two attached hydrogens (primary N) is 1. The maximum Gasteiger partial charge on any atom is 0.246 e. The number of amides is 1. The number of carbonyl (C=O) groups excluding carboxylic acids is 1. The first kappa shape index (κ1) is 17.9. The molecule has 1 atom stereocenters. The van der Waals surface area contributed by atoms with E-state index < -0.39 is 6.04 Å². The van der Waals surface area contributed by atoms with Crippen molar-refractivity contribution in [2.45, 2.75) is 64.5 Å². The smallest absolute Gasteiger partial charge is 0.246 e. The van der Waals surface area contributed by atoms with Crippen LogP contribution in [0.3, 0.4) is 0 Å². The van der Waals surface area contributed by atoms with Crippen LogP contribution in [0.1, 0.15) is 63.6 Å². The summed E-state index contributed by atoms with van der Waals surface area (Å²) in [6.07, 6.45) is 6.01. The molecular weight excluding hydrogens is 292 g/mol. The predicted octanol–water partition coefficient (Wildman–Crippen LogP) is 2.14. The van der Waals surface area contributed by atoms with Crippen LogP contribution in [0.25, 0.3) is 0 Å². The van der Waals surface area contributed by atoms with E-state index in [0.717, 1.165) is 18.7 Å². The van der Waals surface area contributed by atoms with Crippen molar-refractivity contribution in [1.82, 2.24) is 15.5 Å². The number of carbonyl (C=O) groups is 1. The highest BCUT2D eigenvalue weighted by molar-refractivity contribution is 5.85. The average Bonchev–Trinajstić information content (AvgIpc) is 2.93. The van der Waals surface area contributed by atoms with Crippen LogP contribution >= 0.6 is 12.4 Å². The van der Waals surface area contributed by atoms with Crippen molar-refractivity contribution < 1.29 is 9.32 Å². The molecule has 1 aliphatic rings. The second-order valence-corrected chi connectivity index (χ2v) is 5.87. The number of rotatable bonds is 5. The van der Waals surface area contributed by atoms with E-state index in [9.17, 15) is 4.79 Å². The van der Waals surface area contributed by atoms with Crippen LogP contribution in [-0.4, -0.2) is 22.1 Å². The summed E-state index contributed by atoms with van der Waals surface area (Å²) < 4.78 is 5.19.